The topological polar surface area (TPSA) is 68.3 Å². The molecule has 0 aliphatic carbocycles. The van der Waals surface area contributed by atoms with Crippen molar-refractivity contribution in [2.45, 2.75) is 18.9 Å². The van der Waals surface area contributed by atoms with Crippen molar-refractivity contribution in [2.24, 2.45) is 0 Å². The fraction of sp³-hybridized carbons (Fsp3) is 0.250. The molecular weight excluding hydrogens is 349 g/mol. The number of carbonyl (C=O) groups excluding carboxylic acids is 1. The van der Waals surface area contributed by atoms with Crippen LogP contribution in [0.15, 0.2) is 63.8 Å². The Hall–Kier alpha value is -3.22. The van der Waals surface area contributed by atoms with Crippen molar-refractivity contribution in [3.8, 4) is 11.5 Å². The molecule has 138 valence electrons. The number of hydrogen-bond acceptors (Lipinski definition) is 4. The summed E-state index contributed by atoms with van der Waals surface area (Å²) < 4.78 is 19.5. The molecule has 0 N–H and O–H groups in total. The van der Waals surface area contributed by atoms with E-state index in [0.717, 1.165) is 17.5 Å². The summed E-state index contributed by atoms with van der Waals surface area (Å²) >= 11 is 0. The van der Waals surface area contributed by atoms with Gasteiger partial charge in [-0.05, 0) is 42.7 Å². The van der Waals surface area contributed by atoms with E-state index in [1.54, 1.807) is 17.0 Å². The standard InChI is InChI=1S/C20H18FN3O3/c21-16-10-8-15(9-11-16)18-22-24(20(26)27-18)17(14-6-2-1-3-7-14)19(25)23-12-4-5-13-23/h1-3,6-11,17H,4-5,12-13H2/t17-/m0/s1. The second-order valence-corrected chi connectivity index (χ2v) is 6.47. The number of hydrogen-bond donors (Lipinski definition) is 0. The predicted octanol–water partition coefficient (Wildman–Crippen LogP) is 2.85. The van der Waals surface area contributed by atoms with E-state index >= 15 is 0 Å². The van der Waals surface area contributed by atoms with Crippen LogP contribution in [0.4, 0.5) is 4.39 Å². The van der Waals surface area contributed by atoms with Crippen LogP contribution in [-0.2, 0) is 4.79 Å². The van der Waals surface area contributed by atoms with E-state index in [-0.39, 0.29) is 11.8 Å². The summed E-state index contributed by atoms with van der Waals surface area (Å²) in [6.45, 7) is 1.33. The Morgan fingerprint density at radius 1 is 1.04 bits per heavy atom. The maximum Gasteiger partial charge on any atom is 0.438 e. The molecule has 4 rings (SSSR count). The first-order chi connectivity index (χ1) is 13.1. The lowest BCUT2D eigenvalue weighted by molar-refractivity contribution is -0.132. The molecule has 1 amide bonds. The van der Waals surface area contributed by atoms with Crippen molar-refractivity contribution in [3.05, 3.63) is 76.5 Å². The Balaban J connectivity index is 1.77. The van der Waals surface area contributed by atoms with Crippen LogP contribution < -0.4 is 5.76 Å². The third kappa shape index (κ3) is 3.40. The van der Waals surface area contributed by atoms with Gasteiger partial charge < -0.3 is 9.32 Å². The highest BCUT2D eigenvalue weighted by Crippen LogP contribution is 2.24. The number of benzene rings is 2. The summed E-state index contributed by atoms with van der Waals surface area (Å²) in [4.78, 5) is 27.4. The minimum atomic E-state index is -0.894. The van der Waals surface area contributed by atoms with Gasteiger partial charge in [-0.15, -0.1) is 5.10 Å². The van der Waals surface area contributed by atoms with Gasteiger partial charge in [-0.3, -0.25) is 4.79 Å². The van der Waals surface area contributed by atoms with E-state index < -0.39 is 17.6 Å². The van der Waals surface area contributed by atoms with Crippen molar-refractivity contribution < 1.29 is 13.6 Å². The average Bonchev–Trinajstić information content (AvgIpc) is 3.34. The van der Waals surface area contributed by atoms with Gasteiger partial charge >= 0.3 is 5.76 Å². The summed E-state index contributed by atoms with van der Waals surface area (Å²) in [5, 5.41) is 4.25. The summed E-state index contributed by atoms with van der Waals surface area (Å²) in [6.07, 6.45) is 1.89. The molecule has 6 nitrogen and oxygen atoms in total. The molecule has 1 atom stereocenters. The van der Waals surface area contributed by atoms with Gasteiger partial charge in [-0.1, -0.05) is 30.3 Å². The first-order valence-corrected chi connectivity index (χ1v) is 8.83. The second-order valence-electron chi connectivity index (χ2n) is 6.47. The monoisotopic (exact) mass is 367 g/mol. The Kier molecular flexibility index (Phi) is 4.58. The summed E-state index contributed by atoms with van der Waals surface area (Å²) in [6, 6.07) is 13.6. The Morgan fingerprint density at radius 3 is 2.37 bits per heavy atom. The fourth-order valence-electron chi connectivity index (χ4n) is 3.29. The van der Waals surface area contributed by atoms with E-state index in [1.807, 2.05) is 18.2 Å². The van der Waals surface area contributed by atoms with Crippen LogP contribution in [0.3, 0.4) is 0 Å². The average molecular weight is 367 g/mol. The quantitative estimate of drug-likeness (QED) is 0.711. The van der Waals surface area contributed by atoms with Crippen LogP contribution in [0.5, 0.6) is 0 Å². The van der Waals surface area contributed by atoms with Crippen molar-refractivity contribution in [1.29, 1.82) is 0 Å². The molecule has 0 spiro atoms. The number of aromatic nitrogens is 2. The zero-order valence-electron chi connectivity index (χ0n) is 14.5. The number of amides is 1. The molecule has 1 fully saturated rings. The van der Waals surface area contributed by atoms with Crippen LogP contribution in [0.25, 0.3) is 11.5 Å². The second kappa shape index (κ2) is 7.19. The Morgan fingerprint density at radius 2 is 1.70 bits per heavy atom. The maximum absolute atomic E-state index is 13.1. The van der Waals surface area contributed by atoms with Gasteiger partial charge in [0, 0.05) is 18.7 Å². The van der Waals surface area contributed by atoms with Gasteiger partial charge in [-0.2, -0.15) is 4.68 Å². The van der Waals surface area contributed by atoms with Crippen LogP contribution in [0, 0.1) is 5.82 Å². The molecule has 1 saturated heterocycles. The van der Waals surface area contributed by atoms with Gasteiger partial charge in [0.25, 0.3) is 5.91 Å². The minimum Gasteiger partial charge on any atom is -0.388 e. The lowest BCUT2D eigenvalue weighted by Gasteiger charge is -2.22. The summed E-state index contributed by atoms with van der Waals surface area (Å²) in [7, 11) is 0. The van der Waals surface area contributed by atoms with Gasteiger partial charge in [0.2, 0.25) is 5.89 Å². The molecular formula is C20H18FN3O3. The number of nitrogens with zero attached hydrogens (tertiary/aromatic N) is 3. The molecule has 0 unspecified atom stereocenters. The lowest BCUT2D eigenvalue weighted by Crippen LogP contribution is -2.39. The number of carbonyl (C=O) groups is 1. The molecule has 1 aliphatic rings. The maximum atomic E-state index is 13.1. The lowest BCUT2D eigenvalue weighted by atomic mass is 10.1. The molecule has 0 saturated carbocycles. The first kappa shape index (κ1) is 17.2. The van der Waals surface area contributed by atoms with E-state index in [2.05, 4.69) is 5.10 Å². The Labute approximate surface area is 154 Å². The summed E-state index contributed by atoms with van der Waals surface area (Å²) in [5.74, 6) is -1.25. The van der Waals surface area contributed by atoms with Crippen molar-refractivity contribution >= 4 is 5.91 Å². The molecule has 3 aromatic rings. The van der Waals surface area contributed by atoms with Crippen molar-refractivity contribution in [1.82, 2.24) is 14.7 Å². The van der Waals surface area contributed by atoms with E-state index in [1.165, 1.54) is 24.3 Å². The molecule has 2 heterocycles. The van der Waals surface area contributed by atoms with Gasteiger partial charge in [0.05, 0.1) is 0 Å². The molecule has 2 aromatic carbocycles. The van der Waals surface area contributed by atoms with Crippen molar-refractivity contribution in [2.75, 3.05) is 13.1 Å². The van der Waals surface area contributed by atoms with Crippen LogP contribution in [0.1, 0.15) is 24.4 Å². The zero-order chi connectivity index (χ0) is 18.8. The number of rotatable bonds is 4. The summed E-state index contributed by atoms with van der Waals surface area (Å²) in [5.41, 5.74) is 1.13. The van der Waals surface area contributed by atoms with Crippen LogP contribution in [-0.4, -0.2) is 33.7 Å². The highest BCUT2D eigenvalue weighted by atomic mass is 19.1. The predicted molar refractivity (Wildman–Crippen MR) is 96.6 cm³/mol. The van der Waals surface area contributed by atoms with E-state index in [0.29, 0.717) is 24.2 Å². The van der Waals surface area contributed by atoms with Crippen LogP contribution in [0.2, 0.25) is 0 Å². The molecule has 0 bridgehead atoms. The van der Waals surface area contributed by atoms with Gasteiger partial charge in [0.15, 0.2) is 6.04 Å². The van der Waals surface area contributed by atoms with Crippen LogP contribution >= 0.6 is 0 Å². The largest absolute Gasteiger partial charge is 0.438 e. The third-order valence-electron chi connectivity index (χ3n) is 4.67. The first-order valence-electron chi connectivity index (χ1n) is 8.83. The van der Waals surface area contributed by atoms with E-state index in [9.17, 15) is 14.0 Å². The number of halogens is 1. The smallest absolute Gasteiger partial charge is 0.388 e. The normalized spacial score (nSPS) is 15.1. The highest BCUT2D eigenvalue weighted by molar-refractivity contribution is 5.83. The molecule has 1 aromatic heterocycles. The minimum absolute atomic E-state index is 0.0511. The van der Waals surface area contributed by atoms with E-state index in [4.69, 9.17) is 4.42 Å². The zero-order valence-corrected chi connectivity index (χ0v) is 14.5. The fourth-order valence-corrected chi connectivity index (χ4v) is 3.29. The van der Waals surface area contributed by atoms with Gasteiger partial charge in [0.1, 0.15) is 5.82 Å². The third-order valence-corrected chi connectivity index (χ3v) is 4.67. The molecule has 0 radical (unpaired) electrons. The molecule has 7 heteroatoms. The molecule has 1 aliphatic heterocycles. The highest BCUT2D eigenvalue weighted by Gasteiger charge is 2.32. The Bertz CT molecular complexity index is 989. The van der Waals surface area contributed by atoms with Gasteiger partial charge in [-0.25, -0.2) is 9.18 Å². The van der Waals surface area contributed by atoms with Crippen molar-refractivity contribution in [3.63, 3.8) is 0 Å². The molecule has 27 heavy (non-hydrogen) atoms. The number of likely N-dealkylation sites (tertiary alicyclic amines) is 1. The SMILES string of the molecule is O=C([C@H](c1ccccc1)n1nc(-c2ccc(F)cc2)oc1=O)N1CCCC1.